The van der Waals surface area contributed by atoms with E-state index in [2.05, 4.69) is 20.3 Å². The molecule has 1 aromatic carbocycles. The van der Waals surface area contributed by atoms with Crippen LogP contribution in [0.15, 0.2) is 36.9 Å². The number of alkyl halides is 1. The average molecular weight is 318 g/mol. The lowest BCUT2D eigenvalue weighted by molar-refractivity contribution is 0.0698. The predicted octanol–water partition coefficient (Wildman–Crippen LogP) is 3.03. The molecule has 7 nitrogen and oxygen atoms in total. The summed E-state index contributed by atoms with van der Waals surface area (Å²) in [4.78, 5) is 23.8. The number of anilines is 2. The summed E-state index contributed by atoms with van der Waals surface area (Å²) in [5, 5.41) is 12.2. The molecule has 1 unspecified atom stereocenters. The predicted molar refractivity (Wildman–Crippen MR) is 82.6 cm³/mol. The fourth-order valence-electron chi connectivity index (χ4n) is 2.11. The average Bonchev–Trinajstić information content (AvgIpc) is 2.93. The van der Waals surface area contributed by atoms with Gasteiger partial charge in [-0.1, -0.05) is 23.7 Å². The lowest BCUT2D eigenvalue weighted by Crippen LogP contribution is -2.04. The number of hydrogen-bond acceptors (Lipinski definition) is 5. The number of hydrogen-bond donors (Lipinski definition) is 2. The van der Waals surface area contributed by atoms with Crippen molar-refractivity contribution in [2.45, 2.75) is 12.4 Å². The topological polar surface area (TPSA) is 92.9 Å². The molecule has 22 heavy (non-hydrogen) atoms. The summed E-state index contributed by atoms with van der Waals surface area (Å²) in [6.07, 6.45) is 2.96. The third kappa shape index (κ3) is 2.46. The molecule has 0 amide bonds. The molecule has 2 aromatic heterocycles. The molecule has 3 aromatic rings. The van der Waals surface area contributed by atoms with Crippen LogP contribution in [0.4, 0.5) is 11.5 Å². The van der Waals surface area contributed by atoms with Gasteiger partial charge in [-0.25, -0.2) is 19.7 Å². The van der Waals surface area contributed by atoms with E-state index in [1.165, 1.54) is 12.4 Å². The zero-order valence-electron chi connectivity index (χ0n) is 11.6. The molecule has 0 spiro atoms. The van der Waals surface area contributed by atoms with Crippen molar-refractivity contribution in [2.24, 2.45) is 0 Å². The molecule has 0 bridgehead atoms. The maximum Gasteiger partial charge on any atom is 0.337 e. The number of halogens is 1. The third-order valence-electron chi connectivity index (χ3n) is 3.15. The van der Waals surface area contributed by atoms with E-state index in [-0.39, 0.29) is 11.1 Å². The molecule has 1 atom stereocenters. The van der Waals surface area contributed by atoms with Gasteiger partial charge in [0.25, 0.3) is 0 Å². The molecule has 0 aliphatic rings. The molecule has 0 radical (unpaired) electrons. The van der Waals surface area contributed by atoms with Gasteiger partial charge in [-0.3, -0.25) is 4.57 Å². The highest BCUT2D eigenvalue weighted by Gasteiger charge is 2.15. The van der Waals surface area contributed by atoms with Crippen molar-refractivity contribution in [1.82, 2.24) is 19.5 Å². The summed E-state index contributed by atoms with van der Waals surface area (Å²) in [6.45, 7) is 1.80. The van der Waals surface area contributed by atoms with Crippen LogP contribution in [0.2, 0.25) is 0 Å². The second kappa shape index (κ2) is 5.61. The molecule has 0 saturated carbocycles. The van der Waals surface area contributed by atoms with Crippen molar-refractivity contribution in [1.29, 1.82) is 0 Å². The first-order valence-corrected chi connectivity index (χ1v) is 6.92. The van der Waals surface area contributed by atoms with Crippen molar-refractivity contribution in [3.8, 4) is 0 Å². The highest BCUT2D eigenvalue weighted by atomic mass is 35.5. The van der Waals surface area contributed by atoms with Gasteiger partial charge < -0.3 is 10.4 Å². The molecule has 2 heterocycles. The minimum absolute atomic E-state index is 0.152. The van der Waals surface area contributed by atoms with Crippen LogP contribution in [-0.4, -0.2) is 30.6 Å². The summed E-state index contributed by atoms with van der Waals surface area (Å²) in [5.74, 6) is -0.594. The Morgan fingerprint density at radius 1 is 1.32 bits per heavy atom. The van der Waals surface area contributed by atoms with Gasteiger partial charge in [0.2, 0.25) is 0 Å². The number of carbonyl (C=O) groups is 1. The van der Waals surface area contributed by atoms with E-state index in [4.69, 9.17) is 11.6 Å². The SMILES string of the molecule is CC(Cl)n1cnc2c(Nc3ccccc3C(=O)O)ncnc21. The van der Waals surface area contributed by atoms with Gasteiger partial charge in [-0.15, -0.1) is 0 Å². The van der Waals surface area contributed by atoms with E-state index in [1.807, 2.05) is 0 Å². The Bertz CT molecular complexity index is 846. The number of aromatic carboxylic acids is 1. The van der Waals surface area contributed by atoms with Gasteiger partial charge in [0.15, 0.2) is 17.0 Å². The second-order valence-electron chi connectivity index (χ2n) is 4.60. The highest BCUT2D eigenvalue weighted by molar-refractivity contribution is 6.19. The number of para-hydroxylation sites is 1. The lowest BCUT2D eigenvalue weighted by atomic mass is 10.2. The quantitative estimate of drug-likeness (QED) is 0.718. The number of nitrogens with one attached hydrogen (secondary N) is 1. The Kier molecular flexibility index (Phi) is 3.64. The van der Waals surface area contributed by atoms with E-state index in [0.29, 0.717) is 22.7 Å². The van der Waals surface area contributed by atoms with E-state index in [9.17, 15) is 9.90 Å². The number of nitrogens with zero attached hydrogens (tertiary/aromatic N) is 4. The number of imidazole rings is 1. The molecular weight excluding hydrogens is 306 g/mol. The maximum absolute atomic E-state index is 11.3. The number of benzene rings is 1. The second-order valence-corrected chi connectivity index (χ2v) is 5.23. The monoisotopic (exact) mass is 317 g/mol. The Balaban J connectivity index is 2.07. The molecular formula is C14H12ClN5O2. The van der Waals surface area contributed by atoms with Gasteiger partial charge in [-0.2, -0.15) is 0 Å². The summed E-state index contributed by atoms with van der Waals surface area (Å²) in [6, 6.07) is 6.59. The van der Waals surface area contributed by atoms with Crippen molar-refractivity contribution >= 4 is 40.2 Å². The first-order chi connectivity index (χ1) is 10.6. The smallest absolute Gasteiger partial charge is 0.337 e. The molecule has 0 aliphatic carbocycles. The zero-order valence-corrected chi connectivity index (χ0v) is 12.3. The van der Waals surface area contributed by atoms with Crippen LogP contribution < -0.4 is 5.32 Å². The van der Waals surface area contributed by atoms with E-state index in [0.717, 1.165) is 0 Å². The summed E-state index contributed by atoms with van der Waals surface area (Å²) in [7, 11) is 0. The first-order valence-electron chi connectivity index (χ1n) is 6.49. The van der Waals surface area contributed by atoms with Crippen LogP contribution in [0.3, 0.4) is 0 Å². The Labute approximate surface area is 130 Å². The Morgan fingerprint density at radius 2 is 2.09 bits per heavy atom. The van der Waals surface area contributed by atoms with Crippen molar-refractivity contribution < 1.29 is 9.90 Å². The zero-order chi connectivity index (χ0) is 15.7. The van der Waals surface area contributed by atoms with Gasteiger partial charge in [0, 0.05) is 0 Å². The molecule has 3 rings (SSSR count). The lowest BCUT2D eigenvalue weighted by Gasteiger charge is -2.09. The number of aromatic nitrogens is 4. The number of fused-ring (bicyclic) bond motifs is 1. The standard InChI is InChI=1S/C14H12ClN5O2/c1-8(15)20-7-18-11-12(16-6-17-13(11)20)19-10-5-3-2-4-9(10)14(21)22/h2-8H,1H3,(H,21,22)(H,16,17,19). The highest BCUT2D eigenvalue weighted by Crippen LogP contribution is 2.26. The maximum atomic E-state index is 11.3. The fourth-order valence-corrected chi connectivity index (χ4v) is 2.25. The fraction of sp³-hybridized carbons (Fsp3) is 0.143. The van der Waals surface area contributed by atoms with Crippen LogP contribution in [0, 0.1) is 0 Å². The molecule has 8 heteroatoms. The van der Waals surface area contributed by atoms with Crippen molar-refractivity contribution in [3.05, 3.63) is 42.5 Å². The van der Waals surface area contributed by atoms with Gasteiger partial charge >= 0.3 is 5.97 Å². The molecule has 0 aliphatic heterocycles. The molecule has 0 fully saturated rings. The van der Waals surface area contributed by atoms with E-state index in [1.54, 1.807) is 36.0 Å². The van der Waals surface area contributed by atoms with Crippen molar-refractivity contribution in [3.63, 3.8) is 0 Å². The van der Waals surface area contributed by atoms with Crippen molar-refractivity contribution in [2.75, 3.05) is 5.32 Å². The third-order valence-corrected chi connectivity index (χ3v) is 3.36. The first kappa shape index (κ1) is 14.3. The number of carboxylic acid groups (broad SMARTS) is 1. The number of carboxylic acids is 1. The summed E-state index contributed by atoms with van der Waals surface area (Å²) >= 11 is 6.07. The summed E-state index contributed by atoms with van der Waals surface area (Å²) < 4.78 is 1.70. The van der Waals surface area contributed by atoms with E-state index < -0.39 is 5.97 Å². The Morgan fingerprint density at radius 3 is 2.82 bits per heavy atom. The van der Waals surface area contributed by atoms with Gasteiger partial charge in [-0.05, 0) is 19.1 Å². The minimum Gasteiger partial charge on any atom is -0.478 e. The van der Waals surface area contributed by atoms with Gasteiger partial charge in [0.1, 0.15) is 11.8 Å². The van der Waals surface area contributed by atoms with Crippen LogP contribution in [0.1, 0.15) is 22.8 Å². The van der Waals surface area contributed by atoms with Crippen LogP contribution in [-0.2, 0) is 0 Å². The van der Waals surface area contributed by atoms with Crippen LogP contribution in [0.25, 0.3) is 11.2 Å². The van der Waals surface area contributed by atoms with Gasteiger partial charge in [0.05, 0.1) is 17.6 Å². The minimum atomic E-state index is -1.02. The molecule has 0 saturated heterocycles. The number of rotatable bonds is 4. The largest absolute Gasteiger partial charge is 0.478 e. The van der Waals surface area contributed by atoms with Crippen LogP contribution in [0.5, 0.6) is 0 Å². The normalized spacial score (nSPS) is 12.3. The molecule has 112 valence electrons. The summed E-state index contributed by atoms with van der Waals surface area (Å²) in [5.41, 5.74) is 1.38. The molecule has 2 N–H and O–H groups in total. The van der Waals surface area contributed by atoms with E-state index >= 15 is 0 Å². The van der Waals surface area contributed by atoms with Crippen LogP contribution >= 0.6 is 11.6 Å². The Hall–Kier alpha value is -2.67.